The van der Waals surface area contributed by atoms with E-state index in [0.29, 0.717) is 18.8 Å². The third-order valence-corrected chi connectivity index (χ3v) is 5.88. The molecule has 4 N–H and O–H groups in total. The number of para-hydroxylation sites is 2. The van der Waals surface area contributed by atoms with Crippen LogP contribution in [0.5, 0.6) is 0 Å². The predicted octanol–water partition coefficient (Wildman–Crippen LogP) is 3.83. The molecule has 1 fully saturated rings. The lowest BCUT2D eigenvalue weighted by Crippen LogP contribution is -2.47. The Morgan fingerprint density at radius 1 is 0.971 bits per heavy atom. The molecule has 10 nitrogen and oxygen atoms in total. The van der Waals surface area contributed by atoms with Gasteiger partial charge in [-0.2, -0.15) is 0 Å². The van der Waals surface area contributed by atoms with Gasteiger partial charge in [-0.25, -0.2) is 9.59 Å². The molecular weight excluding hydrogens is 448 g/mol. The second-order valence-corrected chi connectivity index (χ2v) is 8.99. The lowest BCUT2D eigenvalue weighted by Gasteiger charge is -2.29. The average Bonchev–Trinajstić information content (AvgIpc) is 2.83. The highest BCUT2D eigenvalue weighted by molar-refractivity contribution is 6.05. The van der Waals surface area contributed by atoms with E-state index in [-0.39, 0.29) is 23.5 Å². The van der Waals surface area contributed by atoms with Crippen LogP contribution in [0.15, 0.2) is 42.6 Å². The lowest BCUT2D eigenvalue weighted by atomic mass is 9.96. The molecule has 1 aliphatic carbocycles. The van der Waals surface area contributed by atoms with E-state index in [1.54, 1.807) is 47.5 Å². The number of hydrogen-bond acceptors (Lipinski definition) is 5. The Morgan fingerprint density at radius 2 is 1.66 bits per heavy atom. The summed E-state index contributed by atoms with van der Waals surface area (Å²) in [6, 6.07) is 10.0. The van der Waals surface area contributed by atoms with Gasteiger partial charge in [0.25, 0.3) is 5.91 Å². The second-order valence-electron chi connectivity index (χ2n) is 8.99. The molecule has 1 aliphatic rings. The summed E-state index contributed by atoms with van der Waals surface area (Å²) in [5.41, 5.74) is 1.60. The van der Waals surface area contributed by atoms with Gasteiger partial charge in [0.15, 0.2) is 0 Å². The smallest absolute Gasteiger partial charge is 0.409 e. The van der Waals surface area contributed by atoms with Gasteiger partial charge in [-0.3, -0.25) is 15.1 Å². The lowest BCUT2D eigenvalue weighted by molar-refractivity contribution is 0.102. The summed E-state index contributed by atoms with van der Waals surface area (Å²) in [5.74, 6) is -0.462. The summed E-state index contributed by atoms with van der Waals surface area (Å²) in [5, 5.41) is 17.1. The summed E-state index contributed by atoms with van der Waals surface area (Å²) in [6.45, 7) is 1.68. The Balaban J connectivity index is 1.64. The van der Waals surface area contributed by atoms with Crippen LogP contribution < -0.4 is 16.0 Å². The first kappa shape index (κ1) is 26.0. The predicted molar refractivity (Wildman–Crippen MR) is 135 cm³/mol. The molecule has 35 heavy (non-hydrogen) atoms. The van der Waals surface area contributed by atoms with Crippen molar-refractivity contribution < 1.29 is 19.5 Å². The SMILES string of the molecule is CN(C)CCN(Cc1ccc(C(=O)Nc2ccccc2NC(=O)O)nc1)C(=O)NC1CCCCC1. The minimum atomic E-state index is -1.22. The van der Waals surface area contributed by atoms with Crippen molar-refractivity contribution >= 4 is 29.4 Å². The van der Waals surface area contributed by atoms with E-state index in [1.807, 2.05) is 19.0 Å². The zero-order valence-electron chi connectivity index (χ0n) is 20.3. The van der Waals surface area contributed by atoms with Gasteiger partial charge in [0.1, 0.15) is 5.69 Å². The molecular formula is C25H34N6O4. The van der Waals surface area contributed by atoms with Crippen LogP contribution in [0.2, 0.25) is 0 Å². The molecule has 0 aliphatic heterocycles. The standard InChI is InChI=1S/C25H34N6O4/c1-30(2)14-15-31(24(33)27-19-8-4-3-5-9-19)17-18-12-13-22(26-16-18)23(32)28-20-10-6-7-11-21(20)29-25(34)35/h6-7,10-13,16,19,29H,3-5,8-9,14-15,17H2,1-2H3,(H,27,33)(H,28,32)(H,34,35). The number of pyridine rings is 1. The first-order valence-corrected chi connectivity index (χ1v) is 11.9. The van der Waals surface area contributed by atoms with Crippen molar-refractivity contribution in [1.29, 1.82) is 0 Å². The first-order valence-electron chi connectivity index (χ1n) is 11.9. The van der Waals surface area contributed by atoms with E-state index in [9.17, 15) is 14.4 Å². The molecule has 3 rings (SSSR count). The maximum Gasteiger partial charge on any atom is 0.409 e. The summed E-state index contributed by atoms with van der Waals surface area (Å²) >= 11 is 0. The molecule has 2 aromatic rings. The van der Waals surface area contributed by atoms with Crippen LogP contribution in [0.4, 0.5) is 21.0 Å². The van der Waals surface area contributed by atoms with Gasteiger partial charge in [-0.05, 0) is 50.7 Å². The third-order valence-electron chi connectivity index (χ3n) is 5.88. The Kier molecular flexibility index (Phi) is 9.42. The number of nitrogens with zero attached hydrogens (tertiary/aromatic N) is 3. The molecule has 1 saturated carbocycles. The molecule has 1 aromatic carbocycles. The number of carbonyl (C=O) groups is 3. The van der Waals surface area contributed by atoms with E-state index >= 15 is 0 Å². The number of carboxylic acid groups (broad SMARTS) is 1. The molecule has 1 heterocycles. The van der Waals surface area contributed by atoms with Crippen LogP contribution in [-0.2, 0) is 6.54 Å². The van der Waals surface area contributed by atoms with Gasteiger partial charge >= 0.3 is 12.1 Å². The number of hydrogen-bond donors (Lipinski definition) is 4. The van der Waals surface area contributed by atoms with E-state index in [4.69, 9.17) is 5.11 Å². The molecule has 0 bridgehead atoms. The molecule has 0 saturated heterocycles. The fourth-order valence-corrected chi connectivity index (χ4v) is 3.96. The van der Waals surface area contributed by atoms with Gasteiger partial charge in [-0.1, -0.05) is 37.5 Å². The number of aromatic nitrogens is 1. The van der Waals surface area contributed by atoms with Gasteiger partial charge in [0.2, 0.25) is 0 Å². The van der Waals surface area contributed by atoms with Gasteiger partial charge in [0, 0.05) is 31.9 Å². The Hall–Kier alpha value is -3.66. The van der Waals surface area contributed by atoms with Crippen molar-refractivity contribution in [3.05, 3.63) is 53.9 Å². The van der Waals surface area contributed by atoms with Crippen LogP contribution in [0.25, 0.3) is 0 Å². The van der Waals surface area contributed by atoms with Crippen molar-refractivity contribution in [3.8, 4) is 0 Å². The fourth-order valence-electron chi connectivity index (χ4n) is 3.96. The molecule has 0 unspecified atom stereocenters. The number of carbonyl (C=O) groups excluding carboxylic acids is 2. The maximum atomic E-state index is 13.0. The van der Waals surface area contributed by atoms with Gasteiger partial charge in [-0.15, -0.1) is 0 Å². The number of benzene rings is 1. The number of nitrogens with one attached hydrogen (secondary N) is 3. The van der Waals surface area contributed by atoms with Crippen molar-refractivity contribution in [3.63, 3.8) is 0 Å². The average molecular weight is 483 g/mol. The van der Waals surface area contributed by atoms with E-state index < -0.39 is 12.0 Å². The number of rotatable bonds is 9. The quantitative estimate of drug-likeness (QED) is 0.430. The first-order chi connectivity index (χ1) is 16.8. The molecule has 0 radical (unpaired) electrons. The van der Waals surface area contributed by atoms with Crippen LogP contribution in [0.1, 0.15) is 48.2 Å². The van der Waals surface area contributed by atoms with E-state index in [2.05, 4.69) is 20.9 Å². The maximum absolute atomic E-state index is 13.0. The molecule has 188 valence electrons. The van der Waals surface area contributed by atoms with Crippen molar-refractivity contribution in [2.75, 3.05) is 37.8 Å². The number of urea groups is 1. The highest BCUT2D eigenvalue weighted by atomic mass is 16.4. The van der Waals surface area contributed by atoms with Gasteiger partial charge in [0.05, 0.1) is 11.4 Å². The largest absolute Gasteiger partial charge is 0.465 e. The van der Waals surface area contributed by atoms with Crippen LogP contribution in [0.3, 0.4) is 0 Å². The molecule has 4 amide bonds. The Morgan fingerprint density at radius 3 is 2.26 bits per heavy atom. The zero-order chi connectivity index (χ0) is 25.2. The minimum Gasteiger partial charge on any atom is -0.465 e. The van der Waals surface area contributed by atoms with E-state index in [0.717, 1.165) is 37.8 Å². The van der Waals surface area contributed by atoms with E-state index in [1.165, 1.54) is 6.42 Å². The molecule has 0 spiro atoms. The fraction of sp³-hybridized carbons (Fsp3) is 0.440. The topological polar surface area (TPSA) is 127 Å². The normalized spacial score (nSPS) is 13.8. The third kappa shape index (κ3) is 8.25. The highest BCUT2D eigenvalue weighted by Crippen LogP contribution is 2.22. The molecule has 1 aromatic heterocycles. The number of amides is 4. The zero-order valence-corrected chi connectivity index (χ0v) is 20.3. The minimum absolute atomic E-state index is 0.0805. The Labute approximate surface area is 205 Å². The van der Waals surface area contributed by atoms with Gasteiger partial charge < -0.3 is 25.5 Å². The number of anilines is 2. The van der Waals surface area contributed by atoms with Crippen molar-refractivity contribution in [2.24, 2.45) is 0 Å². The van der Waals surface area contributed by atoms with Crippen LogP contribution >= 0.6 is 0 Å². The Bertz CT molecular complexity index is 1010. The number of likely N-dealkylation sites (N-methyl/N-ethyl adjacent to an activating group) is 1. The van der Waals surface area contributed by atoms with Crippen molar-refractivity contribution in [2.45, 2.75) is 44.7 Å². The molecule has 0 atom stereocenters. The second kappa shape index (κ2) is 12.7. The van der Waals surface area contributed by atoms with Crippen molar-refractivity contribution in [1.82, 2.24) is 20.1 Å². The van der Waals surface area contributed by atoms with Crippen LogP contribution in [0, 0.1) is 0 Å². The summed E-state index contributed by atoms with van der Waals surface area (Å²) in [7, 11) is 3.94. The summed E-state index contributed by atoms with van der Waals surface area (Å²) < 4.78 is 0. The highest BCUT2D eigenvalue weighted by Gasteiger charge is 2.20. The van der Waals surface area contributed by atoms with Crippen LogP contribution in [-0.4, -0.2) is 71.1 Å². The summed E-state index contributed by atoms with van der Waals surface area (Å²) in [4.78, 5) is 44.7. The monoisotopic (exact) mass is 482 g/mol. The molecule has 10 heteroatoms. The summed E-state index contributed by atoms with van der Waals surface area (Å²) in [6.07, 6.45) is 5.92.